The zero-order valence-corrected chi connectivity index (χ0v) is 16.9. The number of urea groups is 1. The average molecular weight is 414 g/mol. The Kier molecular flexibility index (Phi) is 4.82. The Balaban J connectivity index is 1.93. The van der Waals surface area contributed by atoms with Crippen molar-refractivity contribution in [1.82, 2.24) is 4.98 Å². The lowest BCUT2D eigenvalue weighted by Crippen LogP contribution is -2.48. The molecule has 7 heteroatoms. The van der Waals surface area contributed by atoms with Gasteiger partial charge in [-0.1, -0.05) is 29.8 Å². The zero-order chi connectivity index (χ0) is 20.8. The van der Waals surface area contributed by atoms with Crippen LogP contribution in [0.25, 0.3) is 10.8 Å². The fraction of sp³-hybridized carbons (Fsp3) is 0.273. The summed E-state index contributed by atoms with van der Waals surface area (Å²) in [5, 5.41) is 2.21. The number of aromatic nitrogens is 1. The van der Waals surface area contributed by atoms with Gasteiger partial charge < -0.3 is 10.5 Å². The number of amides is 2. The van der Waals surface area contributed by atoms with Crippen LogP contribution in [0.3, 0.4) is 0 Å². The van der Waals surface area contributed by atoms with Gasteiger partial charge >= 0.3 is 6.03 Å². The second-order valence-corrected chi connectivity index (χ2v) is 8.06. The Bertz CT molecular complexity index is 1110. The second-order valence-electron chi connectivity index (χ2n) is 7.62. The molecule has 4 rings (SSSR count). The Morgan fingerprint density at radius 2 is 2.17 bits per heavy atom. The molecule has 0 radical (unpaired) electrons. The van der Waals surface area contributed by atoms with Gasteiger partial charge in [-0.15, -0.1) is 0 Å². The Hall–Kier alpha value is -2.86. The predicted molar refractivity (Wildman–Crippen MR) is 112 cm³/mol. The maximum absolute atomic E-state index is 13.9. The quantitative estimate of drug-likeness (QED) is 0.630. The molecule has 0 unspecified atom stereocenters. The highest BCUT2D eigenvalue weighted by Gasteiger charge is 2.42. The van der Waals surface area contributed by atoms with Gasteiger partial charge in [0, 0.05) is 39.7 Å². The lowest BCUT2D eigenvalue weighted by Gasteiger charge is -2.42. The molecule has 1 aliphatic heterocycles. The molecule has 0 fully saturated rings. The number of anilines is 1. The number of ether oxygens (including phenoxy) is 1. The summed E-state index contributed by atoms with van der Waals surface area (Å²) in [6.07, 6.45) is 2.01. The van der Waals surface area contributed by atoms with E-state index in [0.29, 0.717) is 16.5 Å². The van der Waals surface area contributed by atoms with Crippen molar-refractivity contribution in [2.24, 2.45) is 5.73 Å². The van der Waals surface area contributed by atoms with Crippen LogP contribution in [0.1, 0.15) is 30.6 Å². The van der Waals surface area contributed by atoms with Gasteiger partial charge in [0.25, 0.3) is 0 Å². The molecule has 29 heavy (non-hydrogen) atoms. The molecule has 2 aromatic carbocycles. The number of rotatable bonds is 3. The van der Waals surface area contributed by atoms with Crippen molar-refractivity contribution in [1.29, 1.82) is 0 Å². The van der Waals surface area contributed by atoms with Crippen LogP contribution >= 0.6 is 11.6 Å². The summed E-state index contributed by atoms with van der Waals surface area (Å²) in [7, 11) is 0. The van der Waals surface area contributed by atoms with Gasteiger partial charge in [-0.3, -0.25) is 9.88 Å². The van der Waals surface area contributed by atoms with Gasteiger partial charge in [-0.2, -0.15) is 0 Å². The number of primary amides is 1. The third-order valence-corrected chi connectivity index (χ3v) is 5.52. The van der Waals surface area contributed by atoms with Gasteiger partial charge in [-0.25, -0.2) is 9.18 Å². The molecule has 1 aromatic heterocycles. The van der Waals surface area contributed by atoms with Gasteiger partial charge in [0.2, 0.25) is 0 Å². The fourth-order valence-electron chi connectivity index (χ4n) is 3.92. The minimum absolute atomic E-state index is 0.252. The van der Waals surface area contributed by atoms with E-state index in [4.69, 9.17) is 22.1 Å². The van der Waals surface area contributed by atoms with Crippen molar-refractivity contribution in [2.45, 2.75) is 31.9 Å². The lowest BCUT2D eigenvalue weighted by molar-refractivity contribution is 0.0295. The first-order chi connectivity index (χ1) is 13.8. The predicted octanol–water partition coefficient (Wildman–Crippen LogP) is 5.33. The first-order valence-corrected chi connectivity index (χ1v) is 9.67. The fourth-order valence-corrected chi connectivity index (χ4v) is 4.08. The molecule has 2 N–H and O–H groups in total. The molecule has 150 valence electrons. The summed E-state index contributed by atoms with van der Waals surface area (Å²) < 4.78 is 19.8. The van der Waals surface area contributed by atoms with Crippen LogP contribution in [-0.2, 0) is 0 Å². The van der Waals surface area contributed by atoms with Crippen LogP contribution in [0.2, 0.25) is 5.02 Å². The molecule has 0 saturated heterocycles. The van der Waals surface area contributed by atoms with Crippen LogP contribution in [-0.4, -0.2) is 23.3 Å². The molecule has 1 aliphatic rings. The number of hydrogen-bond acceptors (Lipinski definition) is 3. The maximum Gasteiger partial charge on any atom is 0.319 e. The molecule has 2 amide bonds. The van der Waals surface area contributed by atoms with Crippen molar-refractivity contribution in [2.75, 3.05) is 11.6 Å². The van der Waals surface area contributed by atoms with E-state index in [1.807, 2.05) is 31.2 Å². The number of halogens is 2. The Morgan fingerprint density at radius 3 is 2.90 bits per heavy atom. The van der Waals surface area contributed by atoms with Crippen molar-refractivity contribution in [3.05, 3.63) is 64.9 Å². The molecule has 5 nitrogen and oxygen atoms in total. The van der Waals surface area contributed by atoms with Crippen molar-refractivity contribution < 1.29 is 13.9 Å². The summed E-state index contributed by atoms with van der Waals surface area (Å²) in [4.78, 5) is 18.5. The summed E-state index contributed by atoms with van der Waals surface area (Å²) in [6.45, 7) is 2.86. The van der Waals surface area contributed by atoms with Crippen LogP contribution in [0.5, 0.6) is 5.75 Å². The van der Waals surface area contributed by atoms with E-state index in [0.717, 1.165) is 22.0 Å². The van der Waals surface area contributed by atoms with Gasteiger partial charge in [0.1, 0.15) is 18.0 Å². The number of nitrogens with two attached hydrogens (primary N) is 1. The second kappa shape index (κ2) is 7.19. The van der Waals surface area contributed by atoms with E-state index in [1.54, 1.807) is 31.3 Å². The lowest BCUT2D eigenvalue weighted by atomic mass is 9.87. The highest BCUT2D eigenvalue weighted by atomic mass is 35.5. The molecule has 2 atom stereocenters. The van der Waals surface area contributed by atoms with E-state index in [1.165, 1.54) is 4.90 Å². The monoisotopic (exact) mass is 413 g/mol. The summed E-state index contributed by atoms with van der Waals surface area (Å²) >= 11 is 6.13. The van der Waals surface area contributed by atoms with Crippen LogP contribution in [0, 0.1) is 6.92 Å². The number of fused-ring (bicyclic) bond motifs is 2. The maximum atomic E-state index is 13.9. The Morgan fingerprint density at radius 1 is 1.38 bits per heavy atom. The summed E-state index contributed by atoms with van der Waals surface area (Å²) in [6, 6.07) is 11.6. The SMILES string of the molecule is Cc1cc2c(N(C(N)=O)[C@@H]3C[C@](C)(CF)Oc4cc(Cl)ccc43)cccc2cn1. The molecule has 0 spiro atoms. The number of aryl methyl sites for hydroxylation is 1. The molecular formula is C22H21ClFN3O2. The van der Waals surface area contributed by atoms with Crippen molar-refractivity contribution >= 4 is 34.1 Å². The molecule has 0 bridgehead atoms. The van der Waals surface area contributed by atoms with Crippen LogP contribution in [0.15, 0.2) is 48.7 Å². The standard InChI is InChI=1S/C22H21ClFN3O2/c1-13-8-17-14(11-26-13)4-3-5-18(17)27(21(25)28)19-10-22(2,12-24)29-20-9-15(23)6-7-16(19)20/h3-9,11,19H,10,12H2,1-2H3,(H2,25,28)/t19-,22-/m1/s1. The van der Waals surface area contributed by atoms with Crippen LogP contribution < -0.4 is 15.4 Å². The number of alkyl halides is 1. The summed E-state index contributed by atoms with van der Waals surface area (Å²) in [5.74, 6) is 0.457. The number of benzene rings is 2. The largest absolute Gasteiger partial charge is 0.484 e. The number of nitrogens with zero attached hydrogens (tertiary/aromatic N) is 2. The first kappa shape index (κ1) is 19.5. The number of hydrogen-bond donors (Lipinski definition) is 1. The first-order valence-electron chi connectivity index (χ1n) is 9.30. The highest BCUT2D eigenvalue weighted by Crippen LogP contribution is 2.46. The minimum Gasteiger partial charge on any atom is -0.484 e. The molecule has 2 heterocycles. The summed E-state index contributed by atoms with van der Waals surface area (Å²) in [5.41, 5.74) is 6.96. The van der Waals surface area contributed by atoms with Gasteiger partial charge in [0.15, 0.2) is 0 Å². The molecule has 3 aromatic rings. The van der Waals surface area contributed by atoms with Crippen LogP contribution in [0.4, 0.5) is 14.9 Å². The third-order valence-electron chi connectivity index (χ3n) is 5.28. The minimum atomic E-state index is -1.10. The number of carbonyl (C=O) groups is 1. The van der Waals surface area contributed by atoms with Crippen molar-refractivity contribution in [3.63, 3.8) is 0 Å². The normalized spacial score (nSPS) is 20.8. The number of carbonyl (C=O) groups excluding carboxylic acids is 1. The molecule has 0 saturated carbocycles. The van der Waals surface area contributed by atoms with E-state index in [9.17, 15) is 9.18 Å². The third kappa shape index (κ3) is 3.49. The van der Waals surface area contributed by atoms with E-state index >= 15 is 0 Å². The topological polar surface area (TPSA) is 68.5 Å². The smallest absolute Gasteiger partial charge is 0.319 e. The van der Waals surface area contributed by atoms with E-state index in [-0.39, 0.29) is 6.42 Å². The van der Waals surface area contributed by atoms with E-state index < -0.39 is 24.3 Å². The van der Waals surface area contributed by atoms with Gasteiger partial charge in [0.05, 0.1) is 11.7 Å². The zero-order valence-electron chi connectivity index (χ0n) is 16.2. The number of pyridine rings is 1. The van der Waals surface area contributed by atoms with E-state index in [2.05, 4.69) is 4.98 Å². The average Bonchev–Trinajstić information content (AvgIpc) is 2.67. The van der Waals surface area contributed by atoms with Gasteiger partial charge in [-0.05, 0) is 38.1 Å². The molecular weight excluding hydrogens is 393 g/mol. The highest BCUT2D eigenvalue weighted by molar-refractivity contribution is 6.30. The van der Waals surface area contributed by atoms with Crippen molar-refractivity contribution in [3.8, 4) is 5.75 Å². The Labute approximate surface area is 173 Å². The molecule has 0 aliphatic carbocycles.